The van der Waals surface area contributed by atoms with E-state index in [2.05, 4.69) is 0 Å². The van der Waals surface area contributed by atoms with Crippen LogP contribution in [0, 0.1) is 62.5 Å². The van der Waals surface area contributed by atoms with Crippen LogP contribution in [0.2, 0.25) is 0 Å². The first-order chi connectivity index (χ1) is 13.9. The monoisotopic (exact) mass is 391 g/mol. The second-order valence-electron chi connectivity index (χ2n) is 6.94. The lowest BCUT2D eigenvalue weighted by atomic mass is 9.55. The lowest BCUT2D eigenvalue weighted by Gasteiger charge is -2.47. The third-order valence-corrected chi connectivity index (χ3v) is 5.52. The highest BCUT2D eigenvalue weighted by atomic mass is 19.1. The lowest BCUT2D eigenvalue weighted by molar-refractivity contribution is 0.0998. The second kappa shape index (κ2) is 7.73. The van der Waals surface area contributed by atoms with Crippen molar-refractivity contribution >= 4 is 11.8 Å². The SMILES string of the molecule is CCOC(=O)N1CC=C2[C@H](C1)[C@@H](c1cccc(F)c1)[C@@H](C#N)C(=N)C2(C#N)C#N. The number of halogens is 1. The molecule has 1 aromatic rings. The number of nitrogens with zero attached hydrogens (tertiary/aromatic N) is 4. The molecular weight excluding hydrogens is 373 g/mol. The Labute approximate surface area is 167 Å². The second-order valence-corrected chi connectivity index (χ2v) is 6.94. The summed E-state index contributed by atoms with van der Waals surface area (Å²) in [6, 6.07) is 11.6. The van der Waals surface area contributed by atoms with E-state index in [0.717, 1.165) is 0 Å². The van der Waals surface area contributed by atoms with Gasteiger partial charge < -0.3 is 15.0 Å². The van der Waals surface area contributed by atoms with Crippen LogP contribution in [0.25, 0.3) is 0 Å². The van der Waals surface area contributed by atoms with Crippen molar-refractivity contribution < 1.29 is 13.9 Å². The maximum Gasteiger partial charge on any atom is 0.410 e. The maximum absolute atomic E-state index is 13.9. The first-order valence-corrected chi connectivity index (χ1v) is 9.12. The molecule has 1 N–H and O–H groups in total. The molecular formula is C21H18FN5O2. The van der Waals surface area contributed by atoms with Gasteiger partial charge in [0, 0.05) is 24.9 Å². The Kier molecular flexibility index (Phi) is 5.35. The van der Waals surface area contributed by atoms with E-state index in [4.69, 9.17) is 10.1 Å². The normalized spacial score (nSPS) is 24.9. The molecule has 2 aliphatic rings. The summed E-state index contributed by atoms with van der Waals surface area (Å²) >= 11 is 0. The molecule has 1 aromatic carbocycles. The molecule has 7 nitrogen and oxygen atoms in total. The minimum Gasteiger partial charge on any atom is -0.450 e. The van der Waals surface area contributed by atoms with Crippen molar-refractivity contribution in [2.75, 3.05) is 19.7 Å². The zero-order chi connectivity index (χ0) is 21.2. The lowest BCUT2D eigenvalue weighted by Crippen LogP contribution is -2.53. The van der Waals surface area contributed by atoms with Crippen LogP contribution in [-0.4, -0.2) is 36.4 Å². The Bertz CT molecular complexity index is 999. The fourth-order valence-electron chi connectivity index (χ4n) is 4.23. The average molecular weight is 391 g/mol. The van der Waals surface area contributed by atoms with Crippen molar-refractivity contribution in [1.82, 2.24) is 4.90 Å². The van der Waals surface area contributed by atoms with E-state index in [0.29, 0.717) is 11.1 Å². The minimum absolute atomic E-state index is 0.0996. The van der Waals surface area contributed by atoms with Gasteiger partial charge in [-0.2, -0.15) is 15.8 Å². The quantitative estimate of drug-likeness (QED) is 0.775. The Morgan fingerprint density at radius 3 is 2.69 bits per heavy atom. The molecule has 1 amide bonds. The zero-order valence-corrected chi connectivity index (χ0v) is 15.7. The minimum atomic E-state index is -1.88. The summed E-state index contributed by atoms with van der Waals surface area (Å²) in [5.41, 5.74) is -1.33. The first-order valence-electron chi connectivity index (χ1n) is 9.12. The number of nitrogens with one attached hydrogen (secondary N) is 1. The standard InChI is InChI=1S/C21H18FN5O2/c1-2-29-20(28)27-7-6-17-16(10-27)18(13-4-3-5-14(22)8-13)15(9-23)19(26)21(17,11-24)12-25/h3-6,8,15-16,18,26H,2,7,10H2,1H3/t15-,16+,18+/m1/s1. The van der Waals surface area contributed by atoms with Crippen LogP contribution in [0.15, 0.2) is 35.9 Å². The van der Waals surface area contributed by atoms with E-state index in [1.807, 2.05) is 18.2 Å². The van der Waals surface area contributed by atoms with Crippen molar-refractivity contribution in [3.8, 4) is 18.2 Å². The molecule has 0 spiro atoms. The number of fused-ring (bicyclic) bond motifs is 1. The third kappa shape index (κ3) is 3.11. The van der Waals surface area contributed by atoms with Crippen LogP contribution in [0.5, 0.6) is 0 Å². The van der Waals surface area contributed by atoms with Gasteiger partial charge in [-0.05, 0) is 30.2 Å². The predicted molar refractivity (Wildman–Crippen MR) is 99.8 cm³/mol. The number of nitriles is 3. The molecule has 1 fully saturated rings. The predicted octanol–water partition coefficient (Wildman–Crippen LogP) is 3.13. The number of rotatable bonds is 2. The summed E-state index contributed by atoms with van der Waals surface area (Å²) in [7, 11) is 0. The van der Waals surface area contributed by atoms with Crippen molar-refractivity contribution in [3.05, 3.63) is 47.3 Å². The molecule has 0 radical (unpaired) electrons. The van der Waals surface area contributed by atoms with E-state index in [9.17, 15) is 25.0 Å². The molecule has 146 valence electrons. The third-order valence-electron chi connectivity index (χ3n) is 5.52. The van der Waals surface area contributed by atoms with Gasteiger partial charge in [-0.15, -0.1) is 0 Å². The average Bonchev–Trinajstić information content (AvgIpc) is 2.73. The van der Waals surface area contributed by atoms with Gasteiger partial charge in [-0.3, -0.25) is 0 Å². The van der Waals surface area contributed by atoms with E-state index in [-0.39, 0.29) is 25.4 Å². The molecule has 1 heterocycles. The van der Waals surface area contributed by atoms with E-state index >= 15 is 0 Å². The van der Waals surface area contributed by atoms with Gasteiger partial charge in [0.25, 0.3) is 0 Å². The van der Waals surface area contributed by atoms with Gasteiger partial charge >= 0.3 is 6.09 Å². The van der Waals surface area contributed by atoms with Crippen molar-refractivity contribution in [1.29, 1.82) is 21.2 Å². The number of hydrogen-bond donors (Lipinski definition) is 1. The van der Waals surface area contributed by atoms with E-state index in [1.54, 1.807) is 19.1 Å². The summed E-state index contributed by atoms with van der Waals surface area (Å²) in [5, 5.41) is 37.9. The smallest absolute Gasteiger partial charge is 0.410 e. The fourth-order valence-corrected chi connectivity index (χ4v) is 4.23. The van der Waals surface area contributed by atoms with Crippen molar-refractivity contribution in [2.45, 2.75) is 12.8 Å². The maximum atomic E-state index is 13.9. The van der Waals surface area contributed by atoms with Gasteiger partial charge in [0.2, 0.25) is 5.41 Å². The molecule has 1 aliphatic carbocycles. The van der Waals surface area contributed by atoms with Crippen LogP contribution in [0.4, 0.5) is 9.18 Å². The van der Waals surface area contributed by atoms with Crippen LogP contribution in [-0.2, 0) is 4.74 Å². The van der Waals surface area contributed by atoms with Crippen LogP contribution in [0.3, 0.4) is 0 Å². The van der Waals surface area contributed by atoms with Gasteiger partial charge in [-0.25, -0.2) is 9.18 Å². The van der Waals surface area contributed by atoms with E-state index in [1.165, 1.54) is 23.1 Å². The largest absolute Gasteiger partial charge is 0.450 e. The topological polar surface area (TPSA) is 125 Å². The highest BCUT2D eigenvalue weighted by Crippen LogP contribution is 2.52. The van der Waals surface area contributed by atoms with Gasteiger partial charge in [0.15, 0.2) is 0 Å². The Hall–Kier alpha value is -3.70. The number of benzene rings is 1. The highest BCUT2D eigenvalue weighted by Gasteiger charge is 2.56. The zero-order valence-electron chi connectivity index (χ0n) is 15.7. The number of hydrogen-bond acceptors (Lipinski definition) is 6. The molecule has 0 aromatic heterocycles. The van der Waals surface area contributed by atoms with Crippen LogP contribution >= 0.6 is 0 Å². The highest BCUT2D eigenvalue weighted by molar-refractivity contribution is 6.01. The van der Waals surface area contributed by atoms with Gasteiger partial charge in [-0.1, -0.05) is 18.2 Å². The van der Waals surface area contributed by atoms with Gasteiger partial charge in [0.1, 0.15) is 5.82 Å². The fraction of sp³-hybridized carbons (Fsp3) is 0.381. The van der Waals surface area contributed by atoms with E-state index < -0.39 is 35.1 Å². The summed E-state index contributed by atoms with van der Waals surface area (Å²) in [5.74, 6) is -2.89. The molecule has 3 rings (SSSR count). The number of carbonyl (C=O) groups excluding carboxylic acids is 1. The molecule has 3 atom stereocenters. The molecule has 0 bridgehead atoms. The summed E-state index contributed by atoms with van der Waals surface area (Å²) in [6.07, 6.45) is 1.04. The van der Waals surface area contributed by atoms with Crippen LogP contribution < -0.4 is 0 Å². The molecule has 8 heteroatoms. The number of carbonyl (C=O) groups is 1. The molecule has 0 saturated heterocycles. The summed E-state index contributed by atoms with van der Waals surface area (Å²) < 4.78 is 19.0. The first kappa shape index (κ1) is 20.0. The molecule has 29 heavy (non-hydrogen) atoms. The Balaban J connectivity index is 2.18. The Morgan fingerprint density at radius 1 is 1.38 bits per heavy atom. The van der Waals surface area contributed by atoms with Crippen LogP contribution in [0.1, 0.15) is 18.4 Å². The molecule has 1 saturated carbocycles. The van der Waals surface area contributed by atoms with Gasteiger partial charge in [0.05, 0.1) is 36.4 Å². The Morgan fingerprint density at radius 2 is 2.10 bits per heavy atom. The molecule has 0 unspecified atom stereocenters. The number of ether oxygens (including phenoxy) is 1. The van der Waals surface area contributed by atoms with Crippen molar-refractivity contribution in [2.24, 2.45) is 17.3 Å². The summed E-state index contributed by atoms with van der Waals surface area (Å²) in [4.78, 5) is 13.7. The number of amides is 1. The summed E-state index contributed by atoms with van der Waals surface area (Å²) in [6.45, 7) is 2.09. The molecule has 1 aliphatic heterocycles. The van der Waals surface area contributed by atoms with Crippen molar-refractivity contribution in [3.63, 3.8) is 0 Å².